The Bertz CT molecular complexity index is 1190. The highest BCUT2D eigenvalue weighted by Gasteiger charge is 2.32. The lowest BCUT2D eigenvalue weighted by molar-refractivity contribution is -0.122. The molecule has 4 rings (SSSR count). The molecule has 0 bridgehead atoms. The topological polar surface area (TPSA) is 62.3 Å². The van der Waals surface area contributed by atoms with E-state index < -0.39 is 0 Å². The van der Waals surface area contributed by atoms with Crippen molar-refractivity contribution in [2.75, 3.05) is 11.9 Å². The summed E-state index contributed by atoms with van der Waals surface area (Å²) in [5.41, 5.74) is 2.69. The number of nitrogens with zero attached hydrogens (tertiary/aromatic N) is 2. The van der Waals surface area contributed by atoms with Crippen molar-refractivity contribution in [3.05, 3.63) is 64.3 Å². The van der Waals surface area contributed by atoms with Gasteiger partial charge < -0.3 is 5.32 Å². The van der Waals surface area contributed by atoms with E-state index in [1.54, 1.807) is 12.1 Å². The number of benzene rings is 2. The number of rotatable bonds is 5. The second kappa shape index (κ2) is 8.63. The van der Waals surface area contributed by atoms with Crippen LogP contribution in [-0.4, -0.2) is 32.6 Å². The highest BCUT2D eigenvalue weighted by atomic mass is 32.2. The monoisotopic (exact) mass is 457 g/mol. The number of amides is 2. The molecule has 30 heavy (non-hydrogen) atoms. The van der Waals surface area contributed by atoms with Crippen molar-refractivity contribution in [2.24, 2.45) is 0 Å². The van der Waals surface area contributed by atoms with Gasteiger partial charge in [-0.2, -0.15) is 0 Å². The van der Waals surface area contributed by atoms with Crippen molar-refractivity contribution in [3.63, 3.8) is 0 Å². The summed E-state index contributed by atoms with van der Waals surface area (Å²) in [6, 6.07) is 12.1. The van der Waals surface area contributed by atoms with E-state index in [0.717, 1.165) is 11.1 Å². The zero-order valence-corrected chi connectivity index (χ0v) is 18.3. The number of hydrogen-bond donors (Lipinski definition) is 1. The summed E-state index contributed by atoms with van der Waals surface area (Å²) in [7, 11) is 0. The van der Waals surface area contributed by atoms with Crippen molar-refractivity contribution in [1.29, 1.82) is 0 Å². The van der Waals surface area contributed by atoms with Crippen molar-refractivity contribution in [2.45, 2.75) is 13.3 Å². The molecular formula is C21H16FN3O2S3. The minimum absolute atomic E-state index is 0.0779. The molecule has 9 heteroatoms. The Labute approximate surface area is 186 Å². The molecule has 152 valence electrons. The Morgan fingerprint density at radius 2 is 2.03 bits per heavy atom. The number of fused-ring (bicyclic) bond motifs is 1. The second-order valence-electron chi connectivity index (χ2n) is 6.67. The van der Waals surface area contributed by atoms with Crippen molar-refractivity contribution < 1.29 is 14.0 Å². The fourth-order valence-electron chi connectivity index (χ4n) is 2.85. The lowest BCUT2D eigenvalue weighted by Gasteiger charge is -2.13. The van der Waals surface area contributed by atoms with E-state index in [0.29, 0.717) is 24.6 Å². The van der Waals surface area contributed by atoms with Gasteiger partial charge in [-0.15, -0.1) is 0 Å². The summed E-state index contributed by atoms with van der Waals surface area (Å²) in [5, 5.41) is 3.10. The van der Waals surface area contributed by atoms with E-state index >= 15 is 0 Å². The molecule has 1 aromatic heterocycles. The standard InChI is InChI=1S/C21H16FN3O2S3/c1-12-2-4-13(5-3-12)10-17-19(27)25(21(28)30-17)9-8-18(26)24-20-23-15-7-6-14(22)11-16(15)29-20/h2-7,10-11H,8-9H2,1H3,(H,23,24,26)/b17-10-. The first kappa shape index (κ1) is 20.6. The highest BCUT2D eigenvalue weighted by molar-refractivity contribution is 8.26. The number of nitrogens with one attached hydrogen (secondary N) is 1. The molecule has 1 saturated heterocycles. The number of thioether (sulfide) groups is 1. The van der Waals surface area contributed by atoms with Gasteiger partial charge in [0, 0.05) is 13.0 Å². The van der Waals surface area contributed by atoms with Gasteiger partial charge in [-0.25, -0.2) is 9.37 Å². The van der Waals surface area contributed by atoms with Gasteiger partial charge in [0.05, 0.1) is 15.1 Å². The number of thiazole rings is 1. The minimum atomic E-state index is -0.350. The maximum Gasteiger partial charge on any atom is 0.266 e. The SMILES string of the molecule is Cc1ccc(/C=C2\SC(=S)N(CCC(=O)Nc3nc4ccc(F)cc4s3)C2=O)cc1. The van der Waals surface area contributed by atoms with Crippen LogP contribution in [0.15, 0.2) is 47.4 Å². The predicted octanol–water partition coefficient (Wildman–Crippen LogP) is 4.97. The molecule has 1 aliphatic rings. The van der Waals surface area contributed by atoms with Crippen LogP contribution in [0.1, 0.15) is 17.5 Å². The molecule has 0 unspecified atom stereocenters. The Balaban J connectivity index is 1.37. The zero-order valence-electron chi connectivity index (χ0n) is 15.8. The summed E-state index contributed by atoms with van der Waals surface area (Å²) >= 11 is 7.75. The summed E-state index contributed by atoms with van der Waals surface area (Å²) in [4.78, 5) is 31.2. The quantitative estimate of drug-likeness (QED) is 0.433. The normalized spacial score (nSPS) is 15.4. The van der Waals surface area contributed by atoms with Crippen LogP contribution in [0.3, 0.4) is 0 Å². The van der Waals surface area contributed by atoms with E-state index in [9.17, 15) is 14.0 Å². The summed E-state index contributed by atoms with van der Waals surface area (Å²) < 4.78 is 14.4. The Kier molecular flexibility index (Phi) is 5.94. The summed E-state index contributed by atoms with van der Waals surface area (Å²) in [5.74, 6) is -0.836. The number of hydrogen-bond acceptors (Lipinski definition) is 6. The average molecular weight is 458 g/mol. The molecule has 0 saturated carbocycles. The van der Waals surface area contributed by atoms with E-state index in [1.165, 1.54) is 40.1 Å². The van der Waals surface area contributed by atoms with Gasteiger partial charge in [-0.1, -0.05) is 65.1 Å². The van der Waals surface area contributed by atoms with Gasteiger partial charge in [0.2, 0.25) is 5.91 Å². The number of carbonyl (C=O) groups is 2. The molecule has 2 heterocycles. The molecule has 3 aromatic rings. The molecule has 1 aliphatic heterocycles. The smallest absolute Gasteiger partial charge is 0.266 e. The summed E-state index contributed by atoms with van der Waals surface area (Å²) in [6.07, 6.45) is 1.88. The number of aryl methyl sites for hydroxylation is 1. The van der Waals surface area contributed by atoms with Gasteiger partial charge in [0.15, 0.2) is 5.13 Å². The van der Waals surface area contributed by atoms with Crippen molar-refractivity contribution in [1.82, 2.24) is 9.88 Å². The number of carbonyl (C=O) groups excluding carboxylic acids is 2. The Morgan fingerprint density at radius 3 is 2.80 bits per heavy atom. The van der Waals surface area contributed by atoms with E-state index in [1.807, 2.05) is 31.2 Å². The second-order valence-corrected chi connectivity index (χ2v) is 9.38. The van der Waals surface area contributed by atoms with Crippen LogP contribution in [-0.2, 0) is 9.59 Å². The van der Waals surface area contributed by atoms with Crippen molar-refractivity contribution >= 4 is 72.9 Å². The van der Waals surface area contributed by atoms with Gasteiger partial charge in [0.1, 0.15) is 10.1 Å². The molecule has 0 radical (unpaired) electrons. The third kappa shape index (κ3) is 4.58. The number of thiocarbonyl (C=S) groups is 1. The molecule has 2 amide bonds. The number of aromatic nitrogens is 1. The first-order chi connectivity index (χ1) is 14.4. The van der Waals surface area contributed by atoms with Crippen LogP contribution in [0, 0.1) is 12.7 Å². The van der Waals surface area contributed by atoms with Crippen LogP contribution in [0.2, 0.25) is 0 Å². The van der Waals surface area contributed by atoms with Crippen LogP contribution >= 0.6 is 35.3 Å². The zero-order chi connectivity index (χ0) is 21.3. The average Bonchev–Trinajstić information content (AvgIpc) is 3.21. The minimum Gasteiger partial charge on any atom is -0.302 e. The molecular weight excluding hydrogens is 441 g/mol. The van der Waals surface area contributed by atoms with Crippen LogP contribution in [0.25, 0.3) is 16.3 Å². The fourth-order valence-corrected chi connectivity index (χ4v) is 5.07. The maximum absolute atomic E-state index is 13.3. The lowest BCUT2D eigenvalue weighted by Crippen LogP contribution is -2.31. The molecule has 0 spiro atoms. The van der Waals surface area contributed by atoms with Gasteiger partial charge in [-0.05, 0) is 36.8 Å². The van der Waals surface area contributed by atoms with Gasteiger partial charge in [0.25, 0.3) is 5.91 Å². The maximum atomic E-state index is 13.3. The van der Waals surface area contributed by atoms with Crippen LogP contribution in [0.4, 0.5) is 9.52 Å². The molecule has 0 atom stereocenters. The third-order valence-electron chi connectivity index (χ3n) is 4.41. The molecule has 0 aliphatic carbocycles. The molecule has 2 aromatic carbocycles. The van der Waals surface area contributed by atoms with Crippen LogP contribution in [0.5, 0.6) is 0 Å². The molecule has 1 fully saturated rings. The van der Waals surface area contributed by atoms with E-state index in [4.69, 9.17) is 12.2 Å². The van der Waals surface area contributed by atoms with E-state index in [-0.39, 0.29) is 30.6 Å². The fraction of sp³-hybridized carbons (Fsp3) is 0.143. The number of halogens is 1. The molecule has 5 nitrogen and oxygen atoms in total. The Morgan fingerprint density at radius 1 is 1.27 bits per heavy atom. The van der Waals surface area contributed by atoms with Gasteiger partial charge >= 0.3 is 0 Å². The highest BCUT2D eigenvalue weighted by Crippen LogP contribution is 2.33. The van der Waals surface area contributed by atoms with Crippen molar-refractivity contribution in [3.8, 4) is 0 Å². The first-order valence-corrected chi connectivity index (χ1v) is 11.1. The number of anilines is 1. The van der Waals surface area contributed by atoms with E-state index in [2.05, 4.69) is 10.3 Å². The summed E-state index contributed by atoms with van der Waals surface area (Å²) in [6.45, 7) is 2.18. The van der Waals surface area contributed by atoms with Crippen LogP contribution < -0.4 is 5.32 Å². The lowest BCUT2D eigenvalue weighted by atomic mass is 10.1. The first-order valence-electron chi connectivity index (χ1n) is 9.07. The molecule has 1 N–H and O–H groups in total. The Hall–Kier alpha value is -2.62. The largest absolute Gasteiger partial charge is 0.302 e. The third-order valence-corrected chi connectivity index (χ3v) is 6.72. The van der Waals surface area contributed by atoms with Gasteiger partial charge in [-0.3, -0.25) is 14.5 Å². The predicted molar refractivity (Wildman–Crippen MR) is 124 cm³/mol.